The van der Waals surface area contributed by atoms with E-state index < -0.39 is 0 Å². The molecular formula is C19H25N3O2S. The van der Waals surface area contributed by atoms with E-state index in [1.165, 1.54) is 5.56 Å². The van der Waals surface area contributed by atoms with E-state index in [0.717, 1.165) is 61.2 Å². The van der Waals surface area contributed by atoms with Crippen molar-refractivity contribution in [2.75, 3.05) is 44.7 Å². The fraction of sp³-hybridized carbons (Fsp3) is 0.421. The minimum atomic E-state index is 0.770. The molecule has 0 atom stereocenters. The average Bonchev–Trinajstić information content (AvgIpc) is 3.09. The lowest BCUT2D eigenvalue weighted by Gasteiger charge is -2.36. The van der Waals surface area contributed by atoms with Crippen LogP contribution in [0, 0.1) is 6.92 Å². The first-order valence-electron chi connectivity index (χ1n) is 8.58. The van der Waals surface area contributed by atoms with Crippen LogP contribution in [0.4, 0.5) is 5.69 Å². The van der Waals surface area contributed by atoms with Crippen LogP contribution in [0.5, 0.6) is 5.75 Å². The number of methoxy groups -OCH3 is 1. The first-order valence-corrected chi connectivity index (χ1v) is 9.46. The molecule has 1 saturated heterocycles. The van der Waals surface area contributed by atoms with Gasteiger partial charge in [0.1, 0.15) is 5.75 Å². The average molecular weight is 359 g/mol. The highest BCUT2D eigenvalue weighted by atomic mass is 32.1. The number of benzene rings is 1. The Hall–Kier alpha value is -2.05. The van der Waals surface area contributed by atoms with Gasteiger partial charge in [0.05, 0.1) is 23.4 Å². The van der Waals surface area contributed by atoms with Crippen molar-refractivity contribution in [3.05, 3.63) is 46.2 Å². The van der Waals surface area contributed by atoms with Crippen molar-refractivity contribution >= 4 is 22.7 Å². The Bertz CT molecular complexity index is 721. The van der Waals surface area contributed by atoms with E-state index in [9.17, 15) is 5.21 Å². The maximum atomic E-state index is 9.35. The van der Waals surface area contributed by atoms with Gasteiger partial charge in [-0.2, -0.15) is 0 Å². The smallest absolute Gasteiger partial charge is 0.142 e. The SMILES string of the molecule is COc1ccccc1N1CCN(CCC(=NO)c2sccc2C)CC1. The van der Waals surface area contributed by atoms with Crippen LogP contribution in [0.15, 0.2) is 40.9 Å². The Balaban J connectivity index is 1.54. The van der Waals surface area contributed by atoms with Gasteiger partial charge in [0.2, 0.25) is 0 Å². The molecule has 0 bridgehead atoms. The number of thiophene rings is 1. The molecule has 1 aliphatic rings. The normalized spacial score (nSPS) is 16.2. The third-order valence-corrected chi connectivity index (χ3v) is 5.77. The van der Waals surface area contributed by atoms with E-state index in [4.69, 9.17) is 4.74 Å². The molecule has 1 N–H and O–H groups in total. The highest BCUT2D eigenvalue weighted by molar-refractivity contribution is 7.12. The monoisotopic (exact) mass is 359 g/mol. The molecule has 0 radical (unpaired) electrons. The molecule has 134 valence electrons. The van der Waals surface area contributed by atoms with Crippen LogP contribution >= 0.6 is 11.3 Å². The van der Waals surface area contributed by atoms with Gasteiger partial charge in [0, 0.05) is 39.1 Å². The molecule has 0 unspecified atom stereocenters. The highest BCUT2D eigenvalue weighted by Gasteiger charge is 2.20. The van der Waals surface area contributed by atoms with Crippen LogP contribution in [-0.2, 0) is 0 Å². The maximum Gasteiger partial charge on any atom is 0.142 e. The van der Waals surface area contributed by atoms with Gasteiger partial charge in [0.25, 0.3) is 0 Å². The van der Waals surface area contributed by atoms with Gasteiger partial charge in [0.15, 0.2) is 0 Å². The van der Waals surface area contributed by atoms with Gasteiger partial charge >= 0.3 is 0 Å². The highest BCUT2D eigenvalue weighted by Crippen LogP contribution is 2.28. The van der Waals surface area contributed by atoms with Crippen LogP contribution in [0.2, 0.25) is 0 Å². The Morgan fingerprint density at radius 2 is 1.96 bits per heavy atom. The van der Waals surface area contributed by atoms with Gasteiger partial charge in [-0.1, -0.05) is 17.3 Å². The van der Waals surface area contributed by atoms with Crippen LogP contribution in [-0.4, -0.2) is 55.7 Å². The number of hydrogen-bond acceptors (Lipinski definition) is 6. The molecule has 2 aromatic rings. The fourth-order valence-electron chi connectivity index (χ4n) is 3.24. The minimum absolute atomic E-state index is 0.770. The third kappa shape index (κ3) is 4.14. The lowest BCUT2D eigenvalue weighted by Crippen LogP contribution is -2.47. The van der Waals surface area contributed by atoms with Crippen molar-refractivity contribution in [1.82, 2.24) is 4.90 Å². The number of piperazine rings is 1. The summed E-state index contributed by atoms with van der Waals surface area (Å²) in [4.78, 5) is 5.90. The molecule has 1 aliphatic heterocycles. The molecule has 25 heavy (non-hydrogen) atoms. The minimum Gasteiger partial charge on any atom is -0.495 e. The second-order valence-corrected chi connectivity index (χ2v) is 7.15. The Labute approximate surface area is 153 Å². The topological polar surface area (TPSA) is 48.3 Å². The van der Waals surface area contributed by atoms with Crippen molar-refractivity contribution in [1.29, 1.82) is 0 Å². The molecule has 0 amide bonds. The van der Waals surface area contributed by atoms with Gasteiger partial charge in [-0.05, 0) is 36.1 Å². The third-order valence-electron chi connectivity index (χ3n) is 4.71. The molecule has 3 rings (SSSR count). The number of rotatable bonds is 6. The van der Waals surface area contributed by atoms with E-state index in [1.54, 1.807) is 18.4 Å². The van der Waals surface area contributed by atoms with Gasteiger partial charge in [-0.3, -0.25) is 4.90 Å². The van der Waals surface area contributed by atoms with Crippen LogP contribution in [0.25, 0.3) is 0 Å². The van der Waals surface area contributed by atoms with Crippen molar-refractivity contribution in [3.63, 3.8) is 0 Å². The van der Waals surface area contributed by atoms with E-state index in [0.29, 0.717) is 0 Å². The number of hydrogen-bond donors (Lipinski definition) is 1. The zero-order valence-electron chi connectivity index (χ0n) is 14.8. The lowest BCUT2D eigenvalue weighted by molar-refractivity contribution is 0.262. The quantitative estimate of drug-likeness (QED) is 0.487. The van der Waals surface area contributed by atoms with E-state index in [2.05, 4.69) is 40.1 Å². The zero-order chi connectivity index (χ0) is 17.6. The molecule has 1 aromatic carbocycles. The van der Waals surface area contributed by atoms with Crippen LogP contribution < -0.4 is 9.64 Å². The molecule has 5 nitrogen and oxygen atoms in total. The Morgan fingerprint density at radius 1 is 1.20 bits per heavy atom. The summed E-state index contributed by atoms with van der Waals surface area (Å²) in [7, 11) is 1.72. The van der Waals surface area contributed by atoms with E-state index in [1.807, 2.05) is 17.5 Å². The first kappa shape index (κ1) is 17.8. The summed E-state index contributed by atoms with van der Waals surface area (Å²) in [6, 6.07) is 10.2. The van der Waals surface area contributed by atoms with Gasteiger partial charge in [-0.15, -0.1) is 11.3 Å². The van der Waals surface area contributed by atoms with E-state index >= 15 is 0 Å². The number of ether oxygens (including phenoxy) is 1. The van der Waals surface area contributed by atoms with Crippen molar-refractivity contribution in [3.8, 4) is 5.75 Å². The summed E-state index contributed by atoms with van der Waals surface area (Å²) in [6.07, 6.45) is 0.770. The number of nitrogens with zero attached hydrogens (tertiary/aromatic N) is 3. The second-order valence-electron chi connectivity index (χ2n) is 6.23. The standard InChI is InChI=1S/C19H25N3O2S/c1-15-8-14-25-19(15)16(20-23)7-9-21-10-12-22(13-11-21)17-5-3-4-6-18(17)24-2/h3-6,8,14,23H,7,9-13H2,1-2H3. The number of para-hydroxylation sites is 2. The largest absolute Gasteiger partial charge is 0.495 e. The molecule has 2 heterocycles. The molecular weight excluding hydrogens is 334 g/mol. The molecule has 1 aromatic heterocycles. The second kappa shape index (κ2) is 8.36. The number of oxime groups is 1. The summed E-state index contributed by atoms with van der Waals surface area (Å²) in [5.41, 5.74) is 3.13. The summed E-state index contributed by atoms with van der Waals surface area (Å²) in [6.45, 7) is 6.92. The maximum absolute atomic E-state index is 9.35. The molecule has 0 aliphatic carbocycles. The summed E-state index contributed by atoms with van der Waals surface area (Å²) >= 11 is 1.64. The van der Waals surface area contributed by atoms with Crippen LogP contribution in [0.1, 0.15) is 16.9 Å². The lowest BCUT2D eigenvalue weighted by atomic mass is 10.1. The molecule has 6 heteroatoms. The summed E-state index contributed by atoms with van der Waals surface area (Å²) in [5.74, 6) is 0.929. The van der Waals surface area contributed by atoms with E-state index in [-0.39, 0.29) is 0 Å². The van der Waals surface area contributed by atoms with Crippen LogP contribution in [0.3, 0.4) is 0 Å². The summed E-state index contributed by atoms with van der Waals surface area (Å²) < 4.78 is 5.47. The van der Waals surface area contributed by atoms with Crippen molar-refractivity contribution < 1.29 is 9.94 Å². The predicted octanol–water partition coefficient (Wildman–Crippen LogP) is 3.46. The first-order chi connectivity index (χ1) is 12.2. The zero-order valence-corrected chi connectivity index (χ0v) is 15.6. The van der Waals surface area contributed by atoms with Crippen molar-refractivity contribution in [2.45, 2.75) is 13.3 Å². The van der Waals surface area contributed by atoms with Gasteiger partial charge in [-0.25, -0.2) is 0 Å². The summed E-state index contributed by atoms with van der Waals surface area (Å²) in [5, 5.41) is 14.9. The van der Waals surface area contributed by atoms with Crippen molar-refractivity contribution in [2.24, 2.45) is 5.16 Å². The fourth-order valence-corrected chi connectivity index (χ4v) is 4.19. The Morgan fingerprint density at radius 3 is 2.60 bits per heavy atom. The predicted molar refractivity (Wildman–Crippen MR) is 104 cm³/mol. The molecule has 0 saturated carbocycles. The Kier molecular flexibility index (Phi) is 5.94. The number of anilines is 1. The van der Waals surface area contributed by atoms with Gasteiger partial charge < -0.3 is 14.8 Å². The molecule has 1 fully saturated rings. The molecule has 0 spiro atoms. The number of aryl methyl sites for hydroxylation is 1.